The number of aliphatic hydroxyl groups is 1. The van der Waals surface area contributed by atoms with E-state index in [1.165, 1.54) is 5.57 Å². The highest BCUT2D eigenvalue weighted by molar-refractivity contribution is 5.75. The Morgan fingerprint density at radius 2 is 2.03 bits per heavy atom. The van der Waals surface area contributed by atoms with Crippen LogP contribution >= 0.6 is 0 Å². The third kappa shape index (κ3) is 6.10. The molecule has 1 N–H and O–H groups in total. The Morgan fingerprint density at radius 3 is 2.70 bits per heavy atom. The first kappa shape index (κ1) is 25.4. The quantitative estimate of drug-likeness (QED) is 0.517. The summed E-state index contributed by atoms with van der Waals surface area (Å²) in [5, 5.41) is 9.89. The van der Waals surface area contributed by atoms with Crippen molar-refractivity contribution >= 4 is 35.0 Å². The van der Waals surface area contributed by atoms with Crippen molar-refractivity contribution in [2.24, 2.45) is 29.6 Å². The highest BCUT2D eigenvalue weighted by atomic mass is 24.3. The van der Waals surface area contributed by atoms with Gasteiger partial charge in [-0.15, -0.1) is 0 Å². The van der Waals surface area contributed by atoms with Crippen LogP contribution in [0.5, 0.6) is 0 Å². The summed E-state index contributed by atoms with van der Waals surface area (Å²) in [5.74, 6) is 0.755. The predicted molar refractivity (Wildman–Crippen MR) is 119 cm³/mol. The average molecular weight is 431 g/mol. The van der Waals surface area contributed by atoms with Gasteiger partial charge in [-0.1, -0.05) is 45.9 Å². The van der Waals surface area contributed by atoms with E-state index in [0.29, 0.717) is 24.2 Å². The Kier molecular flexibility index (Phi) is 9.44. The van der Waals surface area contributed by atoms with E-state index in [0.717, 1.165) is 25.7 Å². The van der Waals surface area contributed by atoms with Crippen LogP contribution in [0.25, 0.3) is 0 Å². The molecular weight excluding hydrogens is 393 g/mol. The Labute approximate surface area is 196 Å². The smallest absolute Gasteiger partial charge is 0.316 e. The molecule has 1 unspecified atom stereocenters. The molecule has 3 rings (SSSR count). The molecule has 1 saturated heterocycles. The molecule has 166 valence electrons. The molecule has 1 fully saturated rings. The molecule has 3 aliphatic rings. The third-order valence-electron chi connectivity index (χ3n) is 6.93. The molecule has 2 aliphatic carbocycles. The van der Waals surface area contributed by atoms with Gasteiger partial charge in [-0.3, -0.25) is 9.59 Å². The van der Waals surface area contributed by atoms with Crippen LogP contribution in [0.15, 0.2) is 23.8 Å². The minimum Gasteiger partial charge on any atom is -0.462 e. The first-order valence-corrected chi connectivity index (χ1v) is 11.3. The molecule has 0 amide bonds. The molecule has 30 heavy (non-hydrogen) atoms. The number of ether oxygens (including phenoxy) is 2. The van der Waals surface area contributed by atoms with Crippen molar-refractivity contribution in [1.82, 2.24) is 0 Å². The van der Waals surface area contributed by atoms with Crippen molar-refractivity contribution in [3.8, 4) is 0 Å². The molecule has 8 atom stereocenters. The Hall–Kier alpha value is -0.854. The van der Waals surface area contributed by atoms with Crippen LogP contribution in [-0.4, -0.2) is 58.4 Å². The lowest BCUT2D eigenvalue weighted by Crippen LogP contribution is -2.42. The lowest BCUT2D eigenvalue weighted by atomic mass is 9.65. The van der Waals surface area contributed by atoms with Gasteiger partial charge in [0.05, 0.1) is 18.4 Å². The average Bonchev–Trinajstić information content (AvgIpc) is 2.65. The van der Waals surface area contributed by atoms with Crippen molar-refractivity contribution in [2.75, 3.05) is 0 Å². The number of allylic oxidation sites excluding steroid dienone is 3. The fourth-order valence-electron chi connectivity index (χ4n) is 5.07. The van der Waals surface area contributed by atoms with E-state index in [4.69, 9.17) is 9.47 Å². The molecule has 6 heteroatoms. The SMILES string of the molecule is CCC(C)C(=O)O[C@H]1C[C@@H](C)C=C2C=C[C@H](C)[C@H](CC[C@@H]3C[C@@H](O)CC(=O)O3)[C@H]21.[MgH2]. The van der Waals surface area contributed by atoms with Crippen LogP contribution in [0, 0.1) is 29.6 Å². The number of carbonyl (C=O) groups is 2. The van der Waals surface area contributed by atoms with Gasteiger partial charge in [0.25, 0.3) is 0 Å². The van der Waals surface area contributed by atoms with Gasteiger partial charge in [-0.25, -0.2) is 0 Å². The van der Waals surface area contributed by atoms with Crippen molar-refractivity contribution in [3.05, 3.63) is 23.8 Å². The summed E-state index contributed by atoms with van der Waals surface area (Å²) < 4.78 is 11.5. The molecule has 1 heterocycles. The summed E-state index contributed by atoms with van der Waals surface area (Å²) in [6.07, 6.45) is 9.70. The van der Waals surface area contributed by atoms with Crippen LogP contribution in [0.1, 0.15) is 66.2 Å². The van der Waals surface area contributed by atoms with Gasteiger partial charge < -0.3 is 14.6 Å². The number of fused-ring (bicyclic) bond motifs is 1. The zero-order valence-corrected chi connectivity index (χ0v) is 18.2. The van der Waals surface area contributed by atoms with E-state index < -0.39 is 6.10 Å². The summed E-state index contributed by atoms with van der Waals surface area (Å²) in [6, 6.07) is 0. The Bertz CT molecular complexity index is 673. The number of hydrogen-bond donors (Lipinski definition) is 1. The first-order chi connectivity index (χ1) is 13.8. The van der Waals surface area contributed by atoms with Crippen molar-refractivity contribution in [3.63, 3.8) is 0 Å². The van der Waals surface area contributed by atoms with E-state index in [9.17, 15) is 14.7 Å². The molecule has 0 saturated carbocycles. The highest BCUT2D eigenvalue weighted by Crippen LogP contribution is 2.45. The third-order valence-corrected chi connectivity index (χ3v) is 6.93. The lowest BCUT2D eigenvalue weighted by Gasteiger charge is -2.43. The van der Waals surface area contributed by atoms with Crippen LogP contribution in [0.4, 0.5) is 0 Å². The Balaban J connectivity index is 0.00000320. The van der Waals surface area contributed by atoms with Gasteiger partial charge in [0.2, 0.25) is 0 Å². The second-order valence-corrected chi connectivity index (χ2v) is 9.36. The molecule has 1 aliphatic heterocycles. The summed E-state index contributed by atoms with van der Waals surface area (Å²) in [4.78, 5) is 24.2. The Morgan fingerprint density at radius 1 is 1.30 bits per heavy atom. The zero-order valence-electron chi connectivity index (χ0n) is 18.2. The van der Waals surface area contributed by atoms with Crippen molar-refractivity contribution in [1.29, 1.82) is 0 Å². The second kappa shape index (κ2) is 11.1. The summed E-state index contributed by atoms with van der Waals surface area (Å²) >= 11 is 0. The number of aliphatic hydroxyl groups excluding tert-OH is 1. The molecule has 0 spiro atoms. The molecule has 0 aromatic carbocycles. The van der Waals surface area contributed by atoms with Gasteiger partial charge in [0, 0.05) is 12.3 Å². The molecule has 0 aromatic rings. The first-order valence-electron chi connectivity index (χ1n) is 11.3. The minimum absolute atomic E-state index is 0. The molecule has 5 nitrogen and oxygen atoms in total. The van der Waals surface area contributed by atoms with Crippen molar-refractivity contribution in [2.45, 2.75) is 84.5 Å². The minimum atomic E-state index is -0.597. The van der Waals surface area contributed by atoms with Gasteiger partial charge >= 0.3 is 35.0 Å². The number of esters is 2. The maximum absolute atomic E-state index is 12.5. The number of hydrogen-bond acceptors (Lipinski definition) is 5. The summed E-state index contributed by atoms with van der Waals surface area (Å²) in [6.45, 7) is 8.33. The monoisotopic (exact) mass is 430 g/mol. The predicted octanol–water partition coefficient (Wildman–Crippen LogP) is 3.28. The van der Waals surface area contributed by atoms with E-state index >= 15 is 0 Å². The fraction of sp³-hybridized carbons (Fsp3) is 0.750. The molecule has 0 radical (unpaired) electrons. The second-order valence-electron chi connectivity index (χ2n) is 9.36. The van der Waals surface area contributed by atoms with Crippen LogP contribution in [-0.2, 0) is 19.1 Å². The molecular formula is C24H38MgO5. The maximum Gasteiger partial charge on any atom is 0.316 e. The largest absolute Gasteiger partial charge is 0.462 e. The van der Waals surface area contributed by atoms with E-state index in [-0.39, 0.29) is 65.5 Å². The van der Waals surface area contributed by atoms with Gasteiger partial charge in [0.1, 0.15) is 12.2 Å². The standard InChI is InChI=1S/C24H36O5.Mg.2H/c1-5-15(3)24(27)29-21-11-14(2)10-17-7-6-16(4)20(23(17)21)9-8-19-12-18(25)13-22(26)28-19;;;/h6-7,10,14-16,18-21,23,25H,5,8-9,11-13H2,1-4H3;;;/t14-,15?,16-,18+,19+,20-,21-,23-;;;/m0.../s1. The van der Waals surface area contributed by atoms with Gasteiger partial charge in [-0.05, 0) is 49.0 Å². The van der Waals surface area contributed by atoms with E-state index in [2.05, 4.69) is 32.1 Å². The van der Waals surface area contributed by atoms with E-state index in [1.54, 1.807) is 0 Å². The molecule has 0 bridgehead atoms. The number of carbonyl (C=O) groups excluding carboxylic acids is 2. The number of cyclic esters (lactones) is 1. The summed E-state index contributed by atoms with van der Waals surface area (Å²) in [5.41, 5.74) is 1.27. The highest BCUT2D eigenvalue weighted by Gasteiger charge is 2.42. The van der Waals surface area contributed by atoms with Crippen LogP contribution < -0.4 is 0 Å². The van der Waals surface area contributed by atoms with E-state index in [1.807, 2.05) is 13.8 Å². The normalized spacial score (nSPS) is 36.6. The lowest BCUT2D eigenvalue weighted by molar-refractivity contribution is -0.162. The van der Waals surface area contributed by atoms with Gasteiger partial charge in [-0.2, -0.15) is 0 Å². The van der Waals surface area contributed by atoms with Gasteiger partial charge in [0.15, 0.2) is 0 Å². The zero-order chi connectivity index (χ0) is 21.1. The fourth-order valence-corrected chi connectivity index (χ4v) is 5.07. The van der Waals surface area contributed by atoms with Crippen molar-refractivity contribution < 1.29 is 24.2 Å². The number of rotatable bonds is 6. The topological polar surface area (TPSA) is 72.8 Å². The molecule has 0 aromatic heterocycles. The van der Waals surface area contributed by atoms with Crippen LogP contribution in [0.2, 0.25) is 0 Å². The maximum atomic E-state index is 12.5. The summed E-state index contributed by atoms with van der Waals surface area (Å²) in [7, 11) is 0. The van der Waals surface area contributed by atoms with Crippen LogP contribution in [0.3, 0.4) is 0 Å².